The maximum Gasteiger partial charge on any atom is 0.166 e. The van der Waals surface area contributed by atoms with Gasteiger partial charge in [-0.1, -0.05) is 12.1 Å². The maximum atomic E-state index is 10.7. The van der Waals surface area contributed by atoms with Crippen molar-refractivity contribution in [2.45, 2.75) is 6.54 Å². The fourth-order valence-corrected chi connectivity index (χ4v) is 1.52. The van der Waals surface area contributed by atoms with Crippen LogP contribution in [0, 0.1) is 0 Å². The fourth-order valence-electron chi connectivity index (χ4n) is 1.52. The third-order valence-electron chi connectivity index (χ3n) is 2.35. The second-order valence-corrected chi connectivity index (χ2v) is 3.29. The monoisotopic (exact) mass is 200 g/mol. The van der Waals surface area contributed by atoms with Gasteiger partial charge in [-0.2, -0.15) is 0 Å². The van der Waals surface area contributed by atoms with Crippen LogP contribution in [0.5, 0.6) is 0 Å². The van der Waals surface area contributed by atoms with Crippen molar-refractivity contribution in [1.82, 2.24) is 4.57 Å². The van der Waals surface area contributed by atoms with Gasteiger partial charge in [-0.05, 0) is 29.8 Å². The number of hydrogen-bond acceptors (Lipinski definition) is 2. The molecule has 0 saturated heterocycles. The lowest BCUT2D eigenvalue weighted by Gasteiger charge is -2.05. The van der Waals surface area contributed by atoms with Crippen LogP contribution in [-0.4, -0.2) is 10.9 Å². The van der Waals surface area contributed by atoms with Gasteiger partial charge >= 0.3 is 0 Å². The molecular weight excluding hydrogens is 188 g/mol. The Bertz CT molecular complexity index is 457. The van der Waals surface area contributed by atoms with E-state index in [1.165, 1.54) is 0 Å². The van der Waals surface area contributed by atoms with Gasteiger partial charge in [-0.3, -0.25) is 4.79 Å². The average Bonchev–Trinajstić information content (AvgIpc) is 2.77. The van der Waals surface area contributed by atoms with Crippen LogP contribution in [-0.2, 0) is 6.54 Å². The van der Waals surface area contributed by atoms with E-state index < -0.39 is 0 Å². The number of carbonyl (C=O) groups excluding carboxylic acids is 1. The predicted molar refractivity (Wildman–Crippen MR) is 59.0 cm³/mol. The lowest BCUT2D eigenvalue weighted by Crippen LogP contribution is -1.99. The van der Waals surface area contributed by atoms with Gasteiger partial charge in [0.05, 0.1) is 5.69 Å². The van der Waals surface area contributed by atoms with Gasteiger partial charge in [0.2, 0.25) is 0 Å². The van der Waals surface area contributed by atoms with Crippen LogP contribution in [0.4, 0.5) is 0 Å². The van der Waals surface area contributed by atoms with Crippen molar-refractivity contribution in [2.75, 3.05) is 0 Å². The Kier molecular flexibility index (Phi) is 2.65. The normalized spacial score (nSPS) is 10.2. The topological polar surface area (TPSA) is 48.0 Å². The fraction of sp³-hybridized carbons (Fsp3) is 0.0833. The predicted octanol–water partition coefficient (Wildman–Crippen LogP) is 1.75. The summed E-state index contributed by atoms with van der Waals surface area (Å²) < 4.78 is 1.84. The second kappa shape index (κ2) is 4.11. The van der Waals surface area contributed by atoms with Crippen molar-refractivity contribution in [3.63, 3.8) is 0 Å². The Morgan fingerprint density at radius 3 is 2.53 bits per heavy atom. The van der Waals surface area contributed by atoms with Crippen LogP contribution < -0.4 is 5.73 Å². The standard InChI is InChI=1S/C12H12N2O/c13-8-10-3-5-11(6-4-10)14-7-1-2-12(14)9-15/h1-7,9H,8,13H2. The molecule has 0 aliphatic heterocycles. The molecule has 3 nitrogen and oxygen atoms in total. The van der Waals surface area contributed by atoms with Crippen LogP contribution in [0.15, 0.2) is 42.6 Å². The first-order chi connectivity index (χ1) is 7.35. The SMILES string of the molecule is NCc1ccc(-n2cccc2C=O)cc1. The molecule has 0 bridgehead atoms. The number of nitrogens with zero attached hydrogens (tertiary/aromatic N) is 1. The molecule has 0 atom stereocenters. The minimum atomic E-state index is 0.534. The number of benzene rings is 1. The van der Waals surface area contributed by atoms with Gasteiger partial charge < -0.3 is 10.3 Å². The molecule has 2 N–H and O–H groups in total. The number of aromatic nitrogens is 1. The molecule has 0 fully saturated rings. The van der Waals surface area contributed by atoms with Crippen molar-refractivity contribution in [3.05, 3.63) is 53.9 Å². The van der Waals surface area contributed by atoms with Gasteiger partial charge in [-0.25, -0.2) is 0 Å². The molecule has 3 heteroatoms. The molecule has 0 radical (unpaired) electrons. The van der Waals surface area contributed by atoms with E-state index in [1.807, 2.05) is 41.1 Å². The Labute approximate surface area is 88.1 Å². The summed E-state index contributed by atoms with van der Waals surface area (Å²) in [7, 11) is 0. The van der Waals surface area contributed by atoms with Crippen LogP contribution in [0.2, 0.25) is 0 Å². The highest BCUT2D eigenvalue weighted by atomic mass is 16.1. The molecule has 0 spiro atoms. The molecule has 1 heterocycles. The van der Waals surface area contributed by atoms with Crippen LogP contribution in [0.25, 0.3) is 5.69 Å². The Balaban J connectivity index is 2.41. The minimum absolute atomic E-state index is 0.534. The summed E-state index contributed by atoms with van der Waals surface area (Å²) in [6, 6.07) is 11.5. The van der Waals surface area contributed by atoms with Gasteiger partial charge in [0.25, 0.3) is 0 Å². The van der Waals surface area contributed by atoms with E-state index in [-0.39, 0.29) is 0 Å². The van der Waals surface area contributed by atoms with Gasteiger partial charge in [0.1, 0.15) is 0 Å². The van der Waals surface area contributed by atoms with Crippen molar-refractivity contribution in [2.24, 2.45) is 5.73 Å². The highest BCUT2D eigenvalue weighted by Crippen LogP contribution is 2.12. The number of aldehydes is 1. The zero-order valence-electron chi connectivity index (χ0n) is 8.26. The van der Waals surface area contributed by atoms with E-state index in [0.29, 0.717) is 12.2 Å². The Hall–Kier alpha value is -1.87. The molecule has 2 rings (SSSR count). The first kappa shape index (κ1) is 9.68. The first-order valence-electron chi connectivity index (χ1n) is 4.77. The average molecular weight is 200 g/mol. The molecule has 0 aliphatic carbocycles. The number of nitrogens with two attached hydrogens (primary N) is 1. The third-order valence-corrected chi connectivity index (χ3v) is 2.35. The van der Waals surface area contributed by atoms with E-state index in [9.17, 15) is 4.79 Å². The molecule has 0 unspecified atom stereocenters. The van der Waals surface area contributed by atoms with Gasteiger partial charge in [0.15, 0.2) is 6.29 Å². The molecule has 15 heavy (non-hydrogen) atoms. The molecule has 0 saturated carbocycles. The molecule has 76 valence electrons. The smallest absolute Gasteiger partial charge is 0.166 e. The summed E-state index contributed by atoms with van der Waals surface area (Å²) in [6.07, 6.45) is 2.71. The quantitative estimate of drug-likeness (QED) is 0.767. The summed E-state index contributed by atoms with van der Waals surface area (Å²) in [5.41, 5.74) is 8.21. The molecular formula is C12H12N2O. The largest absolute Gasteiger partial charge is 0.326 e. The van der Waals surface area contributed by atoms with Crippen molar-refractivity contribution in [3.8, 4) is 5.69 Å². The summed E-state index contributed by atoms with van der Waals surface area (Å²) in [5.74, 6) is 0. The number of carbonyl (C=O) groups is 1. The summed E-state index contributed by atoms with van der Waals surface area (Å²) in [6.45, 7) is 0.534. The van der Waals surface area contributed by atoms with Crippen LogP contribution in [0.3, 0.4) is 0 Å². The summed E-state index contributed by atoms with van der Waals surface area (Å²) in [4.78, 5) is 10.7. The summed E-state index contributed by atoms with van der Waals surface area (Å²) >= 11 is 0. The molecule has 0 aliphatic rings. The van der Waals surface area contributed by atoms with Crippen molar-refractivity contribution < 1.29 is 4.79 Å². The number of hydrogen-bond donors (Lipinski definition) is 1. The lowest BCUT2D eigenvalue weighted by atomic mass is 10.2. The Morgan fingerprint density at radius 1 is 1.20 bits per heavy atom. The van der Waals surface area contributed by atoms with E-state index in [1.54, 1.807) is 6.07 Å². The van der Waals surface area contributed by atoms with Crippen LogP contribution >= 0.6 is 0 Å². The highest BCUT2D eigenvalue weighted by Gasteiger charge is 2.01. The molecule has 2 aromatic rings. The zero-order chi connectivity index (χ0) is 10.7. The molecule has 1 aromatic heterocycles. The van der Waals surface area contributed by atoms with Crippen molar-refractivity contribution >= 4 is 6.29 Å². The van der Waals surface area contributed by atoms with E-state index >= 15 is 0 Å². The lowest BCUT2D eigenvalue weighted by molar-refractivity contribution is 0.111. The highest BCUT2D eigenvalue weighted by molar-refractivity contribution is 5.73. The van der Waals surface area contributed by atoms with E-state index in [2.05, 4.69) is 0 Å². The minimum Gasteiger partial charge on any atom is -0.326 e. The van der Waals surface area contributed by atoms with E-state index in [0.717, 1.165) is 17.5 Å². The molecule has 1 aromatic carbocycles. The van der Waals surface area contributed by atoms with Gasteiger partial charge in [-0.15, -0.1) is 0 Å². The maximum absolute atomic E-state index is 10.7. The number of rotatable bonds is 3. The third kappa shape index (κ3) is 1.82. The summed E-state index contributed by atoms with van der Waals surface area (Å²) in [5, 5.41) is 0. The van der Waals surface area contributed by atoms with Crippen molar-refractivity contribution in [1.29, 1.82) is 0 Å². The second-order valence-electron chi connectivity index (χ2n) is 3.29. The Morgan fingerprint density at radius 2 is 1.93 bits per heavy atom. The zero-order valence-corrected chi connectivity index (χ0v) is 8.26. The van der Waals surface area contributed by atoms with Gasteiger partial charge in [0, 0.05) is 18.4 Å². The van der Waals surface area contributed by atoms with Crippen LogP contribution in [0.1, 0.15) is 16.1 Å². The first-order valence-corrected chi connectivity index (χ1v) is 4.77. The van der Waals surface area contributed by atoms with E-state index in [4.69, 9.17) is 5.73 Å². The molecule has 0 amide bonds.